The first kappa shape index (κ1) is 17.0. The van der Waals surface area contributed by atoms with Gasteiger partial charge in [0.1, 0.15) is 11.5 Å². The van der Waals surface area contributed by atoms with E-state index in [1.165, 1.54) is 5.69 Å². The third-order valence-electron chi connectivity index (χ3n) is 4.72. The second kappa shape index (κ2) is 7.85. The third-order valence-corrected chi connectivity index (χ3v) is 4.72. The van der Waals surface area contributed by atoms with Gasteiger partial charge in [-0.15, -0.1) is 0 Å². The van der Waals surface area contributed by atoms with Crippen molar-refractivity contribution in [1.82, 2.24) is 19.7 Å². The molecular formula is C20H24N4O2. The summed E-state index contributed by atoms with van der Waals surface area (Å²) in [5.74, 6) is 1.98. The summed E-state index contributed by atoms with van der Waals surface area (Å²) in [4.78, 5) is 6.54. The molecule has 3 aromatic heterocycles. The smallest absolute Gasteiger partial charge is 0.118 e. The van der Waals surface area contributed by atoms with Crippen LogP contribution < -0.4 is 0 Å². The zero-order valence-electron chi connectivity index (χ0n) is 15.0. The van der Waals surface area contributed by atoms with Crippen LogP contribution in [0.25, 0.3) is 0 Å². The number of pyridine rings is 1. The first-order valence-electron chi connectivity index (χ1n) is 9.04. The van der Waals surface area contributed by atoms with Crippen molar-refractivity contribution in [1.29, 1.82) is 0 Å². The van der Waals surface area contributed by atoms with E-state index in [0.717, 1.165) is 43.1 Å². The molecular weight excluding hydrogens is 328 g/mol. The highest BCUT2D eigenvalue weighted by atomic mass is 16.5. The molecule has 0 amide bonds. The minimum atomic E-state index is 0.318. The molecule has 1 aliphatic heterocycles. The van der Waals surface area contributed by atoms with E-state index in [2.05, 4.69) is 31.8 Å². The largest absolute Gasteiger partial charge is 0.465 e. The first-order chi connectivity index (χ1) is 12.8. The number of hydrogen-bond acceptors (Lipinski definition) is 5. The number of hydrogen-bond donors (Lipinski definition) is 0. The van der Waals surface area contributed by atoms with Crippen LogP contribution in [0.1, 0.15) is 35.2 Å². The Morgan fingerprint density at radius 1 is 1.23 bits per heavy atom. The highest BCUT2D eigenvalue weighted by Crippen LogP contribution is 2.25. The number of nitrogens with zero attached hydrogens (tertiary/aromatic N) is 4. The molecule has 0 spiro atoms. The predicted octanol–water partition coefficient (Wildman–Crippen LogP) is 3.34. The van der Waals surface area contributed by atoms with Crippen molar-refractivity contribution in [2.24, 2.45) is 0 Å². The lowest BCUT2D eigenvalue weighted by molar-refractivity contribution is 0.0854. The molecule has 6 heteroatoms. The lowest BCUT2D eigenvalue weighted by atomic mass is 10.1. The molecule has 0 N–H and O–H groups in total. The molecule has 0 aromatic carbocycles. The molecule has 3 aromatic rings. The standard InChI is InChI=1S/C20H24N4O2/c1-16-4-5-20(26-16)14-23-12-18-6-9-22-24(18)19(13-23)7-10-25-15-17-3-2-8-21-11-17/h2-6,8-9,11,19H,7,10,12-15H2,1H3/t19-/m1/s1. The fourth-order valence-corrected chi connectivity index (χ4v) is 3.48. The Morgan fingerprint density at radius 3 is 3.00 bits per heavy atom. The monoisotopic (exact) mass is 352 g/mol. The van der Waals surface area contributed by atoms with E-state index in [9.17, 15) is 0 Å². The summed E-state index contributed by atoms with van der Waals surface area (Å²) in [5.41, 5.74) is 2.35. The van der Waals surface area contributed by atoms with E-state index in [1.54, 1.807) is 6.20 Å². The number of ether oxygens (including phenoxy) is 1. The van der Waals surface area contributed by atoms with E-state index in [-0.39, 0.29) is 0 Å². The minimum absolute atomic E-state index is 0.318. The molecule has 0 bridgehead atoms. The Morgan fingerprint density at radius 2 is 2.19 bits per heavy atom. The zero-order valence-corrected chi connectivity index (χ0v) is 15.0. The van der Waals surface area contributed by atoms with Gasteiger partial charge in [0.25, 0.3) is 0 Å². The molecule has 4 rings (SSSR count). The Hall–Kier alpha value is -2.44. The maximum atomic E-state index is 5.85. The Kier molecular flexibility index (Phi) is 5.13. The van der Waals surface area contributed by atoms with Gasteiger partial charge in [-0.05, 0) is 43.2 Å². The Bertz CT molecular complexity index is 827. The number of aryl methyl sites for hydroxylation is 1. The summed E-state index contributed by atoms with van der Waals surface area (Å²) in [6, 6.07) is 10.5. The minimum Gasteiger partial charge on any atom is -0.465 e. The van der Waals surface area contributed by atoms with E-state index in [4.69, 9.17) is 9.15 Å². The van der Waals surface area contributed by atoms with Gasteiger partial charge in [-0.1, -0.05) is 6.07 Å². The normalized spacial score (nSPS) is 17.3. The van der Waals surface area contributed by atoms with Crippen LogP contribution in [0.15, 0.2) is 53.3 Å². The molecule has 0 saturated carbocycles. The van der Waals surface area contributed by atoms with Gasteiger partial charge in [0, 0.05) is 38.3 Å². The second-order valence-electron chi connectivity index (χ2n) is 6.81. The van der Waals surface area contributed by atoms with E-state index in [1.807, 2.05) is 37.5 Å². The van der Waals surface area contributed by atoms with Crippen molar-refractivity contribution < 1.29 is 9.15 Å². The number of fused-ring (bicyclic) bond motifs is 1. The maximum Gasteiger partial charge on any atom is 0.118 e. The molecule has 0 radical (unpaired) electrons. The highest BCUT2D eigenvalue weighted by molar-refractivity contribution is 5.09. The molecule has 136 valence electrons. The van der Waals surface area contributed by atoms with Crippen LogP contribution in [0.3, 0.4) is 0 Å². The van der Waals surface area contributed by atoms with Gasteiger partial charge >= 0.3 is 0 Å². The zero-order chi connectivity index (χ0) is 17.8. The second-order valence-corrected chi connectivity index (χ2v) is 6.81. The summed E-state index contributed by atoms with van der Waals surface area (Å²) >= 11 is 0. The topological polar surface area (TPSA) is 56.3 Å². The van der Waals surface area contributed by atoms with Crippen LogP contribution in [-0.4, -0.2) is 32.8 Å². The molecule has 6 nitrogen and oxygen atoms in total. The van der Waals surface area contributed by atoms with Crippen LogP contribution in [0.4, 0.5) is 0 Å². The molecule has 1 atom stereocenters. The lowest BCUT2D eigenvalue weighted by Gasteiger charge is -2.33. The van der Waals surface area contributed by atoms with Crippen molar-refractivity contribution in [3.05, 3.63) is 71.7 Å². The van der Waals surface area contributed by atoms with Crippen molar-refractivity contribution in [2.75, 3.05) is 13.2 Å². The summed E-state index contributed by atoms with van der Waals surface area (Å²) in [6.07, 6.45) is 6.45. The van der Waals surface area contributed by atoms with E-state index in [0.29, 0.717) is 19.3 Å². The molecule has 0 fully saturated rings. The maximum absolute atomic E-state index is 5.85. The van der Waals surface area contributed by atoms with Gasteiger partial charge in [0.15, 0.2) is 0 Å². The van der Waals surface area contributed by atoms with Gasteiger partial charge in [-0.25, -0.2) is 0 Å². The molecule has 26 heavy (non-hydrogen) atoms. The van der Waals surface area contributed by atoms with Crippen LogP contribution >= 0.6 is 0 Å². The van der Waals surface area contributed by atoms with Gasteiger partial charge in [-0.2, -0.15) is 5.10 Å². The number of aromatic nitrogens is 3. The number of rotatable bonds is 7. The molecule has 4 heterocycles. The Labute approximate surface area is 153 Å². The molecule has 1 aliphatic rings. The summed E-state index contributed by atoms with van der Waals surface area (Å²) < 4.78 is 13.7. The SMILES string of the molecule is Cc1ccc(CN2Cc3ccnn3[C@H](CCOCc3cccnc3)C2)o1. The summed E-state index contributed by atoms with van der Waals surface area (Å²) in [5, 5.41) is 4.52. The first-order valence-corrected chi connectivity index (χ1v) is 9.04. The lowest BCUT2D eigenvalue weighted by Crippen LogP contribution is -2.37. The van der Waals surface area contributed by atoms with E-state index < -0.39 is 0 Å². The van der Waals surface area contributed by atoms with Gasteiger partial charge in [-0.3, -0.25) is 14.6 Å². The average molecular weight is 352 g/mol. The highest BCUT2D eigenvalue weighted by Gasteiger charge is 2.25. The summed E-state index contributed by atoms with van der Waals surface area (Å²) in [7, 11) is 0. The van der Waals surface area contributed by atoms with Crippen LogP contribution in [-0.2, 0) is 24.4 Å². The average Bonchev–Trinajstić information content (AvgIpc) is 3.28. The van der Waals surface area contributed by atoms with Crippen molar-refractivity contribution in [3.8, 4) is 0 Å². The fourth-order valence-electron chi connectivity index (χ4n) is 3.48. The van der Waals surface area contributed by atoms with Crippen LogP contribution in [0.2, 0.25) is 0 Å². The van der Waals surface area contributed by atoms with Gasteiger partial charge in [0.05, 0.1) is 24.9 Å². The van der Waals surface area contributed by atoms with Gasteiger partial charge in [0.2, 0.25) is 0 Å². The van der Waals surface area contributed by atoms with Gasteiger partial charge < -0.3 is 9.15 Å². The van der Waals surface area contributed by atoms with Crippen LogP contribution in [0, 0.1) is 6.92 Å². The predicted molar refractivity (Wildman–Crippen MR) is 97.3 cm³/mol. The van der Waals surface area contributed by atoms with E-state index >= 15 is 0 Å². The number of furan rings is 1. The molecule has 0 saturated heterocycles. The summed E-state index contributed by atoms with van der Waals surface area (Å²) in [6.45, 7) is 5.95. The quantitative estimate of drug-likeness (QED) is 0.611. The van der Waals surface area contributed by atoms with Crippen molar-refractivity contribution in [3.63, 3.8) is 0 Å². The Balaban J connectivity index is 1.34. The van der Waals surface area contributed by atoms with Crippen molar-refractivity contribution in [2.45, 2.75) is 39.1 Å². The van der Waals surface area contributed by atoms with Crippen LogP contribution in [0.5, 0.6) is 0 Å². The molecule has 0 unspecified atom stereocenters. The fraction of sp³-hybridized carbons (Fsp3) is 0.400. The third kappa shape index (κ3) is 4.03. The molecule has 0 aliphatic carbocycles. The van der Waals surface area contributed by atoms with Crippen molar-refractivity contribution >= 4 is 0 Å².